The fourth-order valence-electron chi connectivity index (χ4n) is 0.0671. The van der Waals surface area contributed by atoms with Crippen LogP contribution in [0.15, 0.2) is 5.16 Å². The van der Waals surface area contributed by atoms with Crippen LogP contribution in [0, 0.1) is 0 Å². The van der Waals surface area contributed by atoms with Crippen molar-refractivity contribution in [2.45, 2.75) is 0 Å². The van der Waals surface area contributed by atoms with Crippen LogP contribution in [0.3, 0.4) is 0 Å². The molecule has 0 aliphatic heterocycles. The maximum absolute atomic E-state index is 9.75. The second kappa shape index (κ2) is 3.42. The van der Waals surface area contributed by atoms with Gasteiger partial charge in [0.1, 0.15) is 11.9 Å². The van der Waals surface area contributed by atoms with Crippen LogP contribution in [0.1, 0.15) is 0 Å². The van der Waals surface area contributed by atoms with Crippen molar-refractivity contribution in [2.75, 3.05) is 0 Å². The minimum atomic E-state index is -0.899. The maximum atomic E-state index is 9.75. The van der Waals surface area contributed by atoms with Crippen LogP contribution >= 0.6 is 11.9 Å². The molecule has 0 saturated carbocycles. The third-order valence-corrected chi connectivity index (χ3v) is 0.391. The van der Waals surface area contributed by atoms with E-state index in [1.807, 2.05) is 0 Å². The average molecular weight is 123 g/mol. The molecule has 0 saturated heterocycles. The molecule has 40 valence electrons. The Labute approximate surface area is 44.5 Å². The lowest BCUT2D eigenvalue weighted by molar-refractivity contribution is -0.126. The molecular weight excluding hydrogens is 121 g/mol. The molecule has 0 rings (SSSR count). The van der Waals surface area contributed by atoms with Crippen molar-refractivity contribution in [3.8, 4) is 0 Å². The first kappa shape index (κ1) is 6.23. The van der Waals surface area contributed by atoms with Crippen LogP contribution in [-0.4, -0.2) is 17.4 Å². The minimum Gasteiger partial charge on any atom is -0.411 e. The Morgan fingerprint density at radius 2 is 2.57 bits per heavy atom. The van der Waals surface area contributed by atoms with E-state index in [9.17, 15) is 4.79 Å². The van der Waals surface area contributed by atoms with Gasteiger partial charge in [0.05, 0.1) is 0 Å². The van der Waals surface area contributed by atoms with Gasteiger partial charge in [-0.25, -0.2) is 4.79 Å². The Morgan fingerprint density at radius 1 is 2.00 bits per heavy atom. The molecule has 0 bridgehead atoms. The summed E-state index contributed by atoms with van der Waals surface area (Å²) in [5.74, 6) is -0.899. The number of hydrogen-bond donors (Lipinski definition) is 1. The van der Waals surface area contributed by atoms with Gasteiger partial charge in [0.25, 0.3) is 0 Å². The number of nitrogens with zero attached hydrogens (tertiary/aromatic N) is 1. The van der Waals surface area contributed by atoms with Gasteiger partial charge in [-0.15, -0.1) is 0 Å². The van der Waals surface area contributed by atoms with E-state index in [2.05, 4.69) is 21.3 Å². The number of carbonyl (C=O) groups excluding carboxylic acids is 1. The zero-order valence-electron chi connectivity index (χ0n) is 3.17. The number of oxime groups is 1. The first-order valence-corrected chi connectivity index (χ1v) is 1.62. The Bertz CT molecular complexity index is 90.9. The molecule has 4 nitrogen and oxygen atoms in total. The van der Waals surface area contributed by atoms with Gasteiger partial charge in [-0.2, -0.15) is 0 Å². The number of hydrogen-bond acceptors (Lipinski definition) is 4. The molecule has 0 aromatic heterocycles. The number of halogens is 1. The van der Waals surface area contributed by atoms with Crippen molar-refractivity contribution in [2.24, 2.45) is 5.16 Å². The summed E-state index contributed by atoms with van der Waals surface area (Å²) in [7, 11) is 0. The average Bonchev–Trinajstić information content (AvgIpc) is 1.68. The molecular formula is C2H2ClNO3. The first-order chi connectivity index (χ1) is 3.31. The molecule has 0 aliphatic rings. The monoisotopic (exact) mass is 123 g/mol. The van der Waals surface area contributed by atoms with Crippen LogP contribution in [-0.2, 0) is 9.08 Å². The quantitative estimate of drug-likeness (QED) is 0.307. The van der Waals surface area contributed by atoms with E-state index >= 15 is 0 Å². The summed E-state index contributed by atoms with van der Waals surface area (Å²) in [6.45, 7) is 0. The van der Waals surface area contributed by atoms with E-state index < -0.39 is 5.97 Å². The van der Waals surface area contributed by atoms with Gasteiger partial charge < -0.3 is 9.50 Å². The second-order valence-electron chi connectivity index (χ2n) is 0.641. The van der Waals surface area contributed by atoms with Crippen LogP contribution in [0.4, 0.5) is 0 Å². The molecule has 0 aromatic rings. The summed E-state index contributed by atoms with van der Waals surface area (Å²) in [6, 6.07) is 0. The highest BCUT2D eigenvalue weighted by atomic mass is 35.5. The lowest BCUT2D eigenvalue weighted by Crippen LogP contribution is -1.96. The molecule has 7 heavy (non-hydrogen) atoms. The number of rotatable bonds is 1. The third kappa shape index (κ3) is 3.05. The molecule has 0 fully saturated rings. The van der Waals surface area contributed by atoms with Gasteiger partial charge in [-0.05, 0) is 0 Å². The van der Waals surface area contributed by atoms with Gasteiger partial charge in [0.15, 0.2) is 6.21 Å². The molecule has 0 atom stereocenters. The highest BCUT2D eigenvalue weighted by Gasteiger charge is 1.90. The fraction of sp³-hybridized carbons (Fsp3) is 0. The lowest BCUT2D eigenvalue weighted by atomic mass is 10.8. The summed E-state index contributed by atoms with van der Waals surface area (Å²) >= 11 is 4.48. The highest BCUT2D eigenvalue weighted by Crippen LogP contribution is 1.76. The van der Waals surface area contributed by atoms with Gasteiger partial charge in [0.2, 0.25) is 0 Å². The summed E-state index contributed by atoms with van der Waals surface area (Å²) < 4.78 is 3.51. The predicted molar refractivity (Wildman–Crippen MR) is 22.2 cm³/mol. The summed E-state index contributed by atoms with van der Waals surface area (Å²) in [5.41, 5.74) is 0. The fourth-order valence-corrected chi connectivity index (χ4v) is 0.107. The standard InChI is InChI=1S/C2H2ClNO3/c3-7-2(5)1-4-6/h1,6H/b4-1+. The van der Waals surface area contributed by atoms with E-state index in [4.69, 9.17) is 5.21 Å². The molecule has 0 unspecified atom stereocenters. The molecule has 0 heterocycles. The first-order valence-electron chi connectivity index (χ1n) is 1.31. The van der Waals surface area contributed by atoms with E-state index in [1.165, 1.54) is 0 Å². The number of carbonyl (C=O) groups is 1. The van der Waals surface area contributed by atoms with E-state index in [1.54, 1.807) is 0 Å². The Morgan fingerprint density at radius 3 is 2.71 bits per heavy atom. The predicted octanol–water partition coefficient (Wildman–Crippen LogP) is 0.143. The van der Waals surface area contributed by atoms with E-state index in [0.717, 1.165) is 0 Å². The summed E-state index contributed by atoms with van der Waals surface area (Å²) in [6.07, 6.45) is 0.535. The summed E-state index contributed by atoms with van der Waals surface area (Å²) in [5, 5.41) is 9.90. The van der Waals surface area contributed by atoms with Crippen LogP contribution in [0.2, 0.25) is 0 Å². The van der Waals surface area contributed by atoms with Crippen molar-refractivity contribution >= 4 is 24.0 Å². The molecule has 1 N–H and O–H groups in total. The van der Waals surface area contributed by atoms with E-state index in [0.29, 0.717) is 6.21 Å². The minimum absolute atomic E-state index is 0.535. The van der Waals surface area contributed by atoms with Crippen LogP contribution in [0.25, 0.3) is 0 Å². The molecule has 0 amide bonds. The molecule has 0 aromatic carbocycles. The van der Waals surface area contributed by atoms with Crippen LogP contribution < -0.4 is 0 Å². The van der Waals surface area contributed by atoms with Crippen molar-refractivity contribution in [3.63, 3.8) is 0 Å². The van der Waals surface area contributed by atoms with Crippen molar-refractivity contribution in [3.05, 3.63) is 0 Å². The SMILES string of the molecule is O=C(/C=N/O)OCl. The largest absolute Gasteiger partial charge is 0.411 e. The Hall–Kier alpha value is -0.770. The normalized spacial score (nSPS) is 9.29. The highest BCUT2D eigenvalue weighted by molar-refractivity contribution is 6.30. The topological polar surface area (TPSA) is 58.9 Å². The maximum Gasteiger partial charge on any atom is 0.370 e. The van der Waals surface area contributed by atoms with Crippen molar-refractivity contribution in [1.29, 1.82) is 0 Å². The van der Waals surface area contributed by atoms with Crippen molar-refractivity contribution in [1.82, 2.24) is 0 Å². The van der Waals surface area contributed by atoms with Gasteiger partial charge in [-0.1, -0.05) is 5.16 Å². The van der Waals surface area contributed by atoms with Gasteiger partial charge >= 0.3 is 5.97 Å². The third-order valence-electron chi connectivity index (χ3n) is 0.239. The molecule has 0 radical (unpaired) electrons. The zero-order chi connectivity index (χ0) is 5.70. The second-order valence-corrected chi connectivity index (χ2v) is 0.795. The smallest absolute Gasteiger partial charge is 0.370 e. The Kier molecular flexibility index (Phi) is 3.04. The molecule has 0 spiro atoms. The van der Waals surface area contributed by atoms with Crippen molar-refractivity contribution < 1.29 is 14.3 Å². The Balaban J connectivity index is 3.37. The zero-order valence-corrected chi connectivity index (χ0v) is 3.92. The summed E-state index contributed by atoms with van der Waals surface area (Å²) in [4.78, 5) is 9.75. The molecule has 0 aliphatic carbocycles. The van der Waals surface area contributed by atoms with Crippen LogP contribution in [0.5, 0.6) is 0 Å². The lowest BCUT2D eigenvalue weighted by Gasteiger charge is -1.77. The molecule has 5 heteroatoms. The van der Waals surface area contributed by atoms with Gasteiger partial charge in [0, 0.05) is 0 Å². The van der Waals surface area contributed by atoms with Gasteiger partial charge in [-0.3, -0.25) is 0 Å². The van der Waals surface area contributed by atoms with E-state index in [-0.39, 0.29) is 0 Å².